The lowest BCUT2D eigenvalue weighted by molar-refractivity contribution is 0.359. The molecular formula is C23H26F2N6O3. The molecule has 0 aliphatic rings. The number of benzene rings is 2. The first-order valence-electron chi connectivity index (χ1n) is 10.3. The zero-order valence-corrected chi connectivity index (χ0v) is 19.3. The molecule has 180 valence electrons. The van der Waals surface area contributed by atoms with Gasteiger partial charge in [0.2, 0.25) is 0 Å². The molecule has 3 aromatic rings. The number of nitrogens with one attached hydrogen (secondary N) is 3. The highest BCUT2D eigenvalue weighted by Crippen LogP contribution is 2.40. The van der Waals surface area contributed by atoms with Crippen LogP contribution >= 0.6 is 0 Å². The number of allylic oxidation sites excluding steroid dienone is 1. The number of likely N-dealkylation sites (N-methyl/N-ethyl adjacent to an activating group) is 1. The van der Waals surface area contributed by atoms with Crippen molar-refractivity contribution in [1.82, 2.24) is 20.2 Å². The molecule has 0 aliphatic heterocycles. The number of rotatable bonds is 10. The van der Waals surface area contributed by atoms with E-state index in [4.69, 9.17) is 14.9 Å². The first-order chi connectivity index (χ1) is 16.4. The molecule has 1 heterocycles. The third-order valence-electron chi connectivity index (χ3n) is 5.18. The van der Waals surface area contributed by atoms with E-state index >= 15 is 8.78 Å². The topological polar surface area (TPSA) is 104 Å². The first kappa shape index (κ1) is 24.6. The zero-order chi connectivity index (χ0) is 24.8. The highest BCUT2D eigenvalue weighted by molar-refractivity contribution is 6.00. The second-order valence-electron chi connectivity index (χ2n) is 7.14. The summed E-state index contributed by atoms with van der Waals surface area (Å²) in [7, 11) is 5.92. The molecule has 0 spiro atoms. The van der Waals surface area contributed by atoms with Crippen LogP contribution in [0.2, 0.25) is 0 Å². The normalized spacial score (nSPS) is 11.4. The van der Waals surface area contributed by atoms with Gasteiger partial charge >= 0.3 is 0 Å². The van der Waals surface area contributed by atoms with Crippen molar-refractivity contribution in [2.45, 2.75) is 0 Å². The van der Waals surface area contributed by atoms with Crippen molar-refractivity contribution >= 4 is 34.2 Å². The van der Waals surface area contributed by atoms with Gasteiger partial charge in [0, 0.05) is 44.3 Å². The Morgan fingerprint density at radius 2 is 1.85 bits per heavy atom. The van der Waals surface area contributed by atoms with Gasteiger partial charge in [0.25, 0.3) is 5.56 Å². The van der Waals surface area contributed by atoms with Crippen LogP contribution in [0.25, 0.3) is 16.6 Å². The summed E-state index contributed by atoms with van der Waals surface area (Å²) in [6.07, 6.45) is 3.82. The van der Waals surface area contributed by atoms with E-state index in [0.29, 0.717) is 17.7 Å². The van der Waals surface area contributed by atoms with Crippen molar-refractivity contribution < 1.29 is 18.3 Å². The minimum Gasteiger partial charge on any atom is -0.493 e. The monoisotopic (exact) mass is 472 g/mol. The SMILES string of the molecule is CN/C=C(\C=N)n1cnc2ccc(N(CCNC)c3c(F)c(OC)cc(OC)c3F)cc2c1=O. The van der Waals surface area contributed by atoms with Crippen molar-refractivity contribution in [3.63, 3.8) is 0 Å². The van der Waals surface area contributed by atoms with Crippen LogP contribution in [-0.2, 0) is 0 Å². The summed E-state index contributed by atoms with van der Waals surface area (Å²) in [5.41, 5.74) is 0.229. The highest BCUT2D eigenvalue weighted by atomic mass is 19.1. The smallest absolute Gasteiger partial charge is 0.265 e. The zero-order valence-electron chi connectivity index (χ0n) is 19.3. The van der Waals surface area contributed by atoms with Gasteiger partial charge in [-0.1, -0.05) is 0 Å². The number of methoxy groups -OCH3 is 2. The summed E-state index contributed by atoms with van der Waals surface area (Å²) in [6, 6.07) is 5.88. The van der Waals surface area contributed by atoms with Crippen LogP contribution < -0.4 is 30.6 Å². The van der Waals surface area contributed by atoms with Gasteiger partial charge in [-0.15, -0.1) is 0 Å². The minimum atomic E-state index is -0.899. The van der Waals surface area contributed by atoms with E-state index in [1.165, 1.54) is 42.3 Å². The van der Waals surface area contributed by atoms with E-state index in [2.05, 4.69) is 15.6 Å². The molecule has 11 heteroatoms. The molecule has 0 atom stereocenters. The lowest BCUT2D eigenvalue weighted by Gasteiger charge is -2.27. The maximum Gasteiger partial charge on any atom is 0.265 e. The molecule has 3 N–H and O–H groups in total. The van der Waals surface area contributed by atoms with Gasteiger partial charge in [-0.25, -0.2) is 13.8 Å². The molecule has 1 aromatic heterocycles. The lowest BCUT2D eigenvalue weighted by Crippen LogP contribution is -2.29. The number of halogens is 2. The van der Waals surface area contributed by atoms with E-state index < -0.39 is 17.2 Å². The van der Waals surface area contributed by atoms with Crippen LogP contribution in [0.15, 0.2) is 41.6 Å². The molecule has 0 saturated heterocycles. The van der Waals surface area contributed by atoms with Crippen LogP contribution in [0.5, 0.6) is 11.5 Å². The summed E-state index contributed by atoms with van der Waals surface area (Å²) < 4.78 is 42.0. The number of anilines is 2. The number of hydrogen-bond donors (Lipinski definition) is 3. The van der Waals surface area contributed by atoms with Crippen molar-refractivity contribution in [1.29, 1.82) is 5.41 Å². The minimum absolute atomic E-state index is 0.173. The average Bonchev–Trinajstić information content (AvgIpc) is 2.85. The summed E-state index contributed by atoms with van der Waals surface area (Å²) in [6.45, 7) is 0.558. The molecule has 0 saturated carbocycles. The number of fused-ring (bicyclic) bond motifs is 1. The van der Waals surface area contributed by atoms with Crippen LogP contribution in [0, 0.1) is 17.0 Å². The van der Waals surface area contributed by atoms with Gasteiger partial charge in [0.15, 0.2) is 23.1 Å². The predicted molar refractivity (Wildman–Crippen MR) is 129 cm³/mol. The molecule has 2 aromatic carbocycles. The van der Waals surface area contributed by atoms with Crippen LogP contribution in [0.3, 0.4) is 0 Å². The Kier molecular flexibility index (Phi) is 7.79. The Morgan fingerprint density at radius 3 is 2.41 bits per heavy atom. The van der Waals surface area contributed by atoms with E-state index in [-0.39, 0.29) is 34.8 Å². The second kappa shape index (κ2) is 10.8. The largest absolute Gasteiger partial charge is 0.493 e. The summed E-state index contributed by atoms with van der Waals surface area (Å²) in [4.78, 5) is 18.9. The summed E-state index contributed by atoms with van der Waals surface area (Å²) >= 11 is 0. The Hall–Kier alpha value is -3.99. The van der Waals surface area contributed by atoms with Crippen LogP contribution in [0.4, 0.5) is 20.2 Å². The lowest BCUT2D eigenvalue weighted by atomic mass is 10.1. The molecular weight excluding hydrogens is 446 g/mol. The molecule has 34 heavy (non-hydrogen) atoms. The van der Waals surface area contributed by atoms with Crippen LogP contribution in [0.1, 0.15) is 0 Å². The third kappa shape index (κ3) is 4.55. The summed E-state index contributed by atoms with van der Waals surface area (Å²) in [5, 5.41) is 13.5. The van der Waals surface area contributed by atoms with E-state index in [1.807, 2.05) is 0 Å². The molecule has 9 nitrogen and oxygen atoms in total. The van der Waals surface area contributed by atoms with Gasteiger partial charge < -0.3 is 30.4 Å². The average molecular weight is 472 g/mol. The molecule has 0 aliphatic carbocycles. The molecule has 0 radical (unpaired) electrons. The van der Waals surface area contributed by atoms with Crippen LogP contribution in [-0.4, -0.2) is 57.2 Å². The maximum atomic E-state index is 15.3. The highest BCUT2D eigenvalue weighted by Gasteiger charge is 2.26. The van der Waals surface area contributed by atoms with Crippen molar-refractivity contribution in [3.8, 4) is 11.5 Å². The first-order valence-corrected chi connectivity index (χ1v) is 10.3. The Morgan fingerprint density at radius 1 is 1.18 bits per heavy atom. The van der Waals surface area contributed by atoms with Gasteiger partial charge in [0.1, 0.15) is 12.0 Å². The number of ether oxygens (including phenoxy) is 2. The molecule has 3 rings (SSSR count). The maximum absolute atomic E-state index is 15.3. The van der Waals surface area contributed by atoms with E-state index in [0.717, 1.165) is 12.3 Å². The fourth-order valence-electron chi connectivity index (χ4n) is 3.49. The molecule has 0 unspecified atom stereocenters. The number of hydrogen-bond acceptors (Lipinski definition) is 8. The quantitative estimate of drug-likeness (QED) is 0.390. The van der Waals surface area contributed by atoms with Crippen molar-refractivity contribution in [3.05, 3.63) is 58.8 Å². The Balaban J connectivity index is 2.27. The van der Waals surface area contributed by atoms with Crippen molar-refractivity contribution in [2.75, 3.05) is 46.3 Å². The standard InChI is InChI=1S/C23H26F2N6O3/c1-27-7-8-30(22-20(24)18(33-3)10-19(34-4)21(22)25)14-5-6-17-16(9-14)23(32)31(13-29-17)15(11-26)12-28-2/h5-6,9-13,26-28H,7-8H2,1-4H3/b15-12+,26-11?. The van der Waals surface area contributed by atoms with E-state index in [9.17, 15) is 4.79 Å². The number of nitrogens with zero attached hydrogens (tertiary/aromatic N) is 3. The summed E-state index contributed by atoms with van der Waals surface area (Å²) in [5.74, 6) is -2.16. The fourth-order valence-corrected chi connectivity index (χ4v) is 3.49. The Labute approximate surface area is 195 Å². The van der Waals surface area contributed by atoms with Crippen molar-refractivity contribution in [2.24, 2.45) is 0 Å². The van der Waals surface area contributed by atoms with Gasteiger partial charge in [-0.05, 0) is 25.2 Å². The predicted octanol–water partition coefficient (Wildman–Crippen LogP) is 2.72. The number of aromatic nitrogens is 2. The van der Waals surface area contributed by atoms with Gasteiger partial charge in [-0.3, -0.25) is 9.36 Å². The molecule has 0 bridgehead atoms. The third-order valence-corrected chi connectivity index (χ3v) is 5.18. The van der Waals surface area contributed by atoms with Gasteiger partial charge in [0.05, 0.1) is 30.8 Å². The Bertz CT molecular complexity index is 1260. The second-order valence-corrected chi connectivity index (χ2v) is 7.14. The van der Waals surface area contributed by atoms with Gasteiger partial charge in [-0.2, -0.15) is 0 Å². The molecule has 0 fully saturated rings. The molecule has 0 amide bonds. The van der Waals surface area contributed by atoms with E-state index in [1.54, 1.807) is 26.2 Å². The fraction of sp³-hybridized carbons (Fsp3) is 0.261.